The van der Waals surface area contributed by atoms with E-state index in [9.17, 15) is 4.79 Å². The van der Waals surface area contributed by atoms with Gasteiger partial charge in [-0.3, -0.25) is 4.79 Å². The van der Waals surface area contributed by atoms with E-state index in [-0.39, 0.29) is 5.91 Å². The second-order valence-electron chi connectivity index (χ2n) is 5.04. The lowest BCUT2D eigenvalue weighted by Crippen LogP contribution is -2.25. The van der Waals surface area contributed by atoms with Crippen LogP contribution in [0.5, 0.6) is 11.5 Å². The number of rotatable bonds is 7. The highest BCUT2D eigenvalue weighted by atomic mass is 32.2. The molecule has 2 heterocycles. The molecule has 0 spiro atoms. The molecule has 0 atom stereocenters. The summed E-state index contributed by atoms with van der Waals surface area (Å²) in [5.74, 6) is 2.28. The van der Waals surface area contributed by atoms with Crippen molar-refractivity contribution in [1.82, 2.24) is 15.5 Å². The monoisotopic (exact) mass is 366 g/mol. The van der Waals surface area contributed by atoms with Crippen molar-refractivity contribution in [2.24, 2.45) is 0 Å². The number of nitrogens with one attached hydrogen (secondary N) is 1. The number of anilines is 1. The van der Waals surface area contributed by atoms with Crippen molar-refractivity contribution in [3.63, 3.8) is 0 Å². The van der Waals surface area contributed by atoms with E-state index in [0.29, 0.717) is 43.5 Å². The Kier molecular flexibility index (Phi) is 5.76. The Labute approximate surface area is 147 Å². The zero-order valence-electron chi connectivity index (χ0n) is 13.0. The van der Waals surface area contributed by atoms with Crippen molar-refractivity contribution in [3.05, 3.63) is 23.2 Å². The smallest absolute Gasteiger partial charge is 0.220 e. The minimum Gasteiger partial charge on any atom is -0.486 e. The second kappa shape index (κ2) is 8.20. The Balaban J connectivity index is 1.36. The van der Waals surface area contributed by atoms with E-state index in [1.54, 1.807) is 11.8 Å². The quantitative estimate of drug-likeness (QED) is 0.720. The average Bonchev–Trinajstić information content (AvgIpc) is 3.00. The van der Waals surface area contributed by atoms with Gasteiger partial charge in [0.05, 0.1) is 0 Å². The summed E-state index contributed by atoms with van der Waals surface area (Å²) in [6, 6.07) is 5.84. The van der Waals surface area contributed by atoms with Crippen molar-refractivity contribution in [3.8, 4) is 11.5 Å². The highest BCUT2D eigenvalue weighted by molar-refractivity contribution is 7.99. The van der Waals surface area contributed by atoms with Crippen LogP contribution in [0.15, 0.2) is 23.1 Å². The Morgan fingerprint density at radius 2 is 2.12 bits per heavy atom. The van der Waals surface area contributed by atoms with Gasteiger partial charge < -0.3 is 20.5 Å². The van der Waals surface area contributed by atoms with E-state index in [1.165, 1.54) is 11.3 Å². The average molecular weight is 366 g/mol. The number of ether oxygens (including phenoxy) is 2. The van der Waals surface area contributed by atoms with Crippen LogP contribution in [0.2, 0.25) is 0 Å². The zero-order chi connectivity index (χ0) is 16.8. The molecule has 7 nitrogen and oxygen atoms in total. The minimum absolute atomic E-state index is 0.0255. The maximum absolute atomic E-state index is 11.8. The molecule has 1 amide bonds. The van der Waals surface area contributed by atoms with Crippen molar-refractivity contribution in [1.29, 1.82) is 0 Å². The predicted octanol–water partition coefficient (Wildman–Crippen LogP) is 1.73. The van der Waals surface area contributed by atoms with Gasteiger partial charge in [-0.05, 0) is 18.2 Å². The summed E-state index contributed by atoms with van der Waals surface area (Å²) in [5, 5.41) is 11.8. The first-order valence-electron chi connectivity index (χ1n) is 7.58. The normalized spacial score (nSPS) is 12.8. The number of carbonyl (C=O) groups excluding carboxylic acids is 1. The molecule has 3 N–H and O–H groups in total. The van der Waals surface area contributed by atoms with Crippen molar-refractivity contribution in [2.45, 2.75) is 17.7 Å². The Morgan fingerprint density at radius 3 is 2.92 bits per heavy atom. The summed E-state index contributed by atoms with van der Waals surface area (Å²) < 4.78 is 11.0. The third-order valence-electron chi connectivity index (χ3n) is 3.26. The van der Waals surface area contributed by atoms with Crippen LogP contribution in [-0.4, -0.2) is 41.6 Å². The SMILES string of the molecule is Nc1nnc(CCNC(=O)CCSc2ccc3c(c2)OCCO3)s1. The Morgan fingerprint density at radius 1 is 1.29 bits per heavy atom. The molecule has 1 aromatic heterocycles. The Bertz CT molecular complexity index is 708. The second-order valence-corrected chi connectivity index (χ2v) is 7.30. The molecule has 0 saturated carbocycles. The number of benzene rings is 1. The van der Waals surface area contributed by atoms with Crippen LogP contribution in [0, 0.1) is 0 Å². The molecular formula is C15H18N4O3S2. The molecule has 9 heteroatoms. The van der Waals surface area contributed by atoms with Gasteiger partial charge in [-0.2, -0.15) is 0 Å². The van der Waals surface area contributed by atoms with Gasteiger partial charge in [0, 0.05) is 30.0 Å². The topological polar surface area (TPSA) is 99.4 Å². The first-order valence-corrected chi connectivity index (χ1v) is 9.38. The summed E-state index contributed by atoms with van der Waals surface area (Å²) in [7, 11) is 0. The lowest BCUT2D eigenvalue weighted by atomic mass is 10.3. The summed E-state index contributed by atoms with van der Waals surface area (Å²) >= 11 is 2.97. The predicted molar refractivity (Wildman–Crippen MR) is 93.8 cm³/mol. The number of hydrogen-bond donors (Lipinski definition) is 2. The van der Waals surface area contributed by atoms with Crippen LogP contribution in [0.1, 0.15) is 11.4 Å². The first kappa shape index (κ1) is 16.8. The molecule has 0 unspecified atom stereocenters. The molecule has 0 aliphatic carbocycles. The van der Waals surface area contributed by atoms with Gasteiger partial charge in [0.2, 0.25) is 11.0 Å². The van der Waals surface area contributed by atoms with Crippen LogP contribution in [0.4, 0.5) is 5.13 Å². The van der Waals surface area contributed by atoms with Crippen LogP contribution in [0.25, 0.3) is 0 Å². The van der Waals surface area contributed by atoms with Crippen LogP contribution in [-0.2, 0) is 11.2 Å². The molecular weight excluding hydrogens is 348 g/mol. The summed E-state index contributed by atoms with van der Waals surface area (Å²) in [5.41, 5.74) is 5.51. The van der Waals surface area contributed by atoms with Gasteiger partial charge in [0.15, 0.2) is 11.5 Å². The molecule has 3 rings (SSSR count). The Hall–Kier alpha value is -2.00. The van der Waals surface area contributed by atoms with Crippen LogP contribution < -0.4 is 20.5 Å². The van der Waals surface area contributed by atoms with Gasteiger partial charge >= 0.3 is 0 Å². The molecule has 128 valence electrons. The molecule has 24 heavy (non-hydrogen) atoms. The van der Waals surface area contributed by atoms with Crippen LogP contribution in [0.3, 0.4) is 0 Å². The van der Waals surface area contributed by atoms with Crippen molar-refractivity contribution in [2.75, 3.05) is 31.2 Å². The molecule has 0 fully saturated rings. The van der Waals surface area contributed by atoms with Gasteiger partial charge in [-0.1, -0.05) is 11.3 Å². The van der Waals surface area contributed by atoms with Crippen molar-refractivity contribution >= 4 is 34.1 Å². The minimum atomic E-state index is 0.0255. The van der Waals surface area contributed by atoms with Crippen LogP contribution >= 0.6 is 23.1 Å². The van der Waals surface area contributed by atoms with Gasteiger partial charge in [0.25, 0.3) is 0 Å². The summed E-state index contributed by atoms with van der Waals surface area (Å²) in [4.78, 5) is 12.9. The van der Waals surface area contributed by atoms with E-state index in [4.69, 9.17) is 15.2 Å². The maximum atomic E-state index is 11.8. The molecule has 0 bridgehead atoms. The number of carbonyl (C=O) groups is 1. The molecule has 1 aliphatic rings. The number of hydrogen-bond acceptors (Lipinski definition) is 8. The molecule has 1 aliphatic heterocycles. The first-order chi connectivity index (χ1) is 11.7. The highest BCUT2D eigenvalue weighted by Gasteiger charge is 2.12. The molecule has 1 aromatic carbocycles. The maximum Gasteiger partial charge on any atom is 0.220 e. The lowest BCUT2D eigenvalue weighted by Gasteiger charge is -2.18. The van der Waals surface area contributed by atoms with Crippen molar-refractivity contribution < 1.29 is 14.3 Å². The van der Waals surface area contributed by atoms with E-state index in [1.807, 2.05) is 18.2 Å². The molecule has 0 radical (unpaired) electrons. The van der Waals surface area contributed by atoms with Gasteiger partial charge in [0.1, 0.15) is 18.2 Å². The highest BCUT2D eigenvalue weighted by Crippen LogP contribution is 2.34. The number of fused-ring (bicyclic) bond motifs is 1. The van der Waals surface area contributed by atoms with E-state index < -0.39 is 0 Å². The third-order valence-corrected chi connectivity index (χ3v) is 5.06. The standard InChI is InChI=1S/C15H18N4O3S2/c16-15-19-18-14(24-15)3-5-17-13(20)4-8-23-10-1-2-11-12(9-10)22-7-6-21-11/h1-2,9H,3-8H2,(H2,16,19)(H,17,20). The number of amides is 1. The number of nitrogens with two attached hydrogens (primary N) is 1. The fourth-order valence-electron chi connectivity index (χ4n) is 2.14. The van der Waals surface area contributed by atoms with E-state index in [2.05, 4.69) is 15.5 Å². The number of nitrogens with zero attached hydrogens (tertiary/aromatic N) is 2. The molecule has 2 aromatic rings. The van der Waals surface area contributed by atoms with Gasteiger partial charge in [-0.25, -0.2) is 0 Å². The largest absolute Gasteiger partial charge is 0.486 e. The van der Waals surface area contributed by atoms with E-state index >= 15 is 0 Å². The lowest BCUT2D eigenvalue weighted by molar-refractivity contribution is -0.120. The zero-order valence-corrected chi connectivity index (χ0v) is 14.6. The van der Waals surface area contributed by atoms with Gasteiger partial charge in [-0.15, -0.1) is 22.0 Å². The fourth-order valence-corrected chi connectivity index (χ4v) is 3.63. The summed E-state index contributed by atoms with van der Waals surface area (Å²) in [6.07, 6.45) is 1.10. The fraction of sp³-hybridized carbons (Fsp3) is 0.400. The number of nitrogen functional groups attached to an aromatic ring is 1. The number of thioether (sulfide) groups is 1. The number of aromatic nitrogens is 2. The summed E-state index contributed by atoms with van der Waals surface area (Å²) in [6.45, 7) is 1.70. The third kappa shape index (κ3) is 4.75. The van der Waals surface area contributed by atoms with E-state index in [0.717, 1.165) is 21.4 Å². The molecule has 0 saturated heterocycles.